The van der Waals surface area contributed by atoms with Gasteiger partial charge in [-0.3, -0.25) is 0 Å². The monoisotopic (exact) mass is 308 g/mol. The van der Waals surface area contributed by atoms with Crippen molar-refractivity contribution in [3.05, 3.63) is 55.2 Å². The van der Waals surface area contributed by atoms with Crippen molar-refractivity contribution < 1.29 is 5.32 Å². The zero-order chi connectivity index (χ0) is 16.4. The second kappa shape index (κ2) is 4.73. The Balaban J connectivity index is 2.00. The van der Waals surface area contributed by atoms with Crippen LogP contribution in [0.1, 0.15) is 50.7 Å². The van der Waals surface area contributed by atoms with Crippen LogP contribution in [0.15, 0.2) is 37.1 Å². The van der Waals surface area contributed by atoms with Gasteiger partial charge in [0.1, 0.15) is 0 Å². The van der Waals surface area contributed by atoms with E-state index in [1.807, 2.05) is 0 Å². The highest BCUT2D eigenvalue weighted by Gasteiger charge is 2.54. The molecule has 2 aliphatic rings. The summed E-state index contributed by atoms with van der Waals surface area (Å²) in [5, 5.41) is 3.65. The van der Waals surface area contributed by atoms with Gasteiger partial charge in [-0.15, -0.1) is 6.58 Å². The molecule has 4 rings (SSSR count). The van der Waals surface area contributed by atoms with Gasteiger partial charge in [0.15, 0.2) is 0 Å². The maximum atomic E-state index is 4.21. The topological polar surface area (TPSA) is 32.4 Å². The molecule has 4 atom stereocenters. The first-order valence-corrected chi connectivity index (χ1v) is 8.80. The Morgan fingerprint density at radius 2 is 2.13 bits per heavy atom. The third kappa shape index (κ3) is 1.79. The van der Waals surface area contributed by atoms with E-state index in [4.69, 9.17) is 0 Å². The van der Waals surface area contributed by atoms with E-state index in [1.54, 1.807) is 0 Å². The Labute approximate surface area is 139 Å². The third-order valence-corrected chi connectivity index (χ3v) is 7.01. The van der Waals surface area contributed by atoms with Gasteiger partial charge < -0.3 is 10.3 Å². The van der Waals surface area contributed by atoms with Gasteiger partial charge >= 0.3 is 0 Å². The summed E-state index contributed by atoms with van der Waals surface area (Å²) in [4.78, 5) is 3.52. The first-order valence-electron chi connectivity index (χ1n) is 8.80. The number of hydrogen-bond donors (Lipinski definition) is 2. The first kappa shape index (κ1) is 15.0. The molecule has 1 fully saturated rings. The van der Waals surface area contributed by atoms with Crippen molar-refractivity contribution in [2.75, 3.05) is 0 Å². The fourth-order valence-electron chi connectivity index (χ4n) is 5.56. The smallest absolute Gasteiger partial charge is 0.0782 e. The second-order valence-electron chi connectivity index (χ2n) is 8.34. The average Bonchev–Trinajstić information content (AvgIpc) is 2.97. The van der Waals surface area contributed by atoms with Crippen LogP contribution in [-0.2, 0) is 5.41 Å². The molecule has 2 heteroatoms. The van der Waals surface area contributed by atoms with Gasteiger partial charge in [0, 0.05) is 28.4 Å². The summed E-state index contributed by atoms with van der Waals surface area (Å²) in [7, 11) is 4.21. The van der Waals surface area contributed by atoms with Crippen molar-refractivity contribution in [3.63, 3.8) is 0 Å². The molecule has 0 unspecified atom stereocenters. The zero-order valence-corrected chi connectivity index (χ0v) is 14.5. The van der Waals surface area contributed by atoms with Gasteiger partial charge in [-0.25, -0.2) is 0 Å². The van der Waals surface area contributed by atoms with Gasteiger partial charge in [-0.2, -0.15) is 7.05 Å². The molecule has 1 aromatic heterocycles. The number of aromatic amines is 1. The lowest BCUT2D eigenvalue weighted by atomic mass is 9.51. The van der Waals surface area contributed by atoms with Crippen LogP contribution in [0, 0.1) is 18.4 Å². The lowest BCUT2D eigenvalue weighted by Gasteiger charge is -2.54. The van der Waals surface area contributed by atoms with Crippen LogP contribution >= 0.6 is 0 Å². The van der Waals surface area contributed by atoms with Crippen LogP contribution in [0.2, 0.25) is 0 Å². The van der Waals surface area contributed by atoms with Crippen LogP contribution in [0.3, 0.4) is 0 Å². The first-order chi connectivity index (χ1) is 10.9. The molecule has 0 bridgehead atoms. The number of nitrogens with two attached hydrogens (primary N) is 1. The maximum Gasteiger partial charge on any atom is 0.0782 e. The minimum atomic E-state index is 0.148. The standard InChI is InChI=1S/C21H28N2/c1-6-21(4)11-10-15-18(19(21)22-5)13-12-23-16-9-7-8-14(17(13)16)20(15,2)3/h6-9,12,15,18-19,23H,1,5,10-11,22H2,2-4H3/t15-,18-,19+,21+/m0/s1. The average molecular weight is 308 g/mol. The molecule has 2 nitrogen and oxygen atoms in total. The molecule has 23 heavy (non-hydrogen) atoms. The molecule has 0 saturated heterocycles. The minimum absolute atomic E-state index is 0.148. The van der Waals surface area contributed by atoms with Crippen LogP contribution in [-0.4, -0.2) is 11.0 Å². The van der Waals surface area contributed by atoms with Crippen LogP contribution < -0.4 is 5.32 Å². The highest BCUT2D eigenvalue weighted by Crippen LogP contribution is 2.58. The van der Waals surface area contributed by atoms with Crippen LogP contribution in [0.4, 0.5) is 0 Å². The Kier molecular flexibility index (Phi) is 3.09. The summed E-state index contributed by atoms with van der Waals surface area (Å²) in [6.45, 7) is 11.4. The van der Waals surface area contributed by atoms with Crippen molar-refractivity contribution in [3.8, 4) is 0 Å². The lowest BCUT2D eigenvalue weighted by Crippen LogP contribution is -2.90. The SMILES string of the molecule is C=C[C@]1(C)CC[C@H]2[C@H](c3c[nH]c4cccc(c34)C2(C)C)[C@H]1[NH2+][CH2-]. The van der Waals surface area contributed by atoms with E-state index in [1.165, 1.54) is 34.9 Å². The molecule has 1 saturated carbocycles. The lowest BCUT2D eigenvalue weighted by molar-refractivity contribution is -0.654. The number of fused-ring (bicyclic) bond motifs is 2. The summed E-state index contributed by atoms with van der Waals surface area (Å²) >= 11 is 0. The van der Waals surface area contributed by atoms with E-state index in [9.17, 15) is 0 Å². The Morgan fingerprint density at radius 3 is 2.83 bits per heavy atom. The fourth-order valence-corrected chi connectivity index (χ4v) is 5.56. The number of benzene rings is 1. The second-order valence-corrected chi connectivity index (χ2v) is 8.34. The van der Waals surface area contributed by atoms with Gasteiger partial charge in [0.05, 0.1) is 6.04 Å². The molecular formula is C21H28N2. The van der Waals surface area contributed by atoms with Crippen molar-refractivity contribution in [1.82, 2.24) is 4.98 Å². The molecule has 0 radical (unpaired) electrons. The maximum absolute atomic E-state index is 4.21. The number of quaternary nitrogens is 1. The molecule has 122 valence electrons. The zero-order valence-electron chi connectivity index (χ0n) is 14.5. The normalized spacial score (nSPS) is 35.0. The highest BCUT2D eigenvalue weighted by molar-refractivity contribution is 5.89. The molecule has 3 N–H and O–H groups in total. The van der Waals surface area contributed by atoms with Crippen molar-refractivity contribution in [1.29, 1.82) is 0 Å². The Bertz CT molecular complexity index is 769. The van der Waals surface area contributed by atoms with Gasteiger partial charge in [-0.05, 0) is 41.4 Å². The number of nitrogens with one attached hydrogen (secondary N) is 1. The van der Waals surface area contributed by atoms with E-state index in [0.29, 0.717) is 17.9 Å². The molecule has 2 aliphatic carbocycles. The van der Waals surface area contributed by atoms with Crippen LogP contribution in [0.25, 0.3) is 10.9 Å². The summed E-state index contributed by atoms with van der Waals surface area (Å²) in [5.41, 5.74) is 4.63. The predicted octanol–water partition coefficient (Wildman–Crippen LogP) is 3.87. The molecule has 1 heterocycles. The van der Waals surface area contributed by atoms with E-state index in [-0.39, 0.29) is 10.8 Å². The van der Waals surface area contributed by atoms with E-state index < -0.39 is 0 Å². The summed E-state index contributed by atoms with van der Waals surface area (Å²) < 4.78 is 0. The highest BCUT2D eigenvalue weighted by atomic mass is 14.9. The summed E-state index contributed by atoms with van der Waals surface area (Å²) in [6.07, 6.45) is 6.89. The Morgan fingerprint density at radius 1 is 1.35 bits per heavy atom. The van der Waals surface area contributed by atoms with Gasteiger partial charge in [0.2, 0.25) is 0 Å². The fraction of sp³-hybridized carbons (Fsp3) is 0.476. The van der Waals surface area contributed by atoms with Gasteiger partial charge in [0.25, 0.3) is 0 Å². The molecule has 0 spiro atoms. The molecule has 0 aliphatic heterocycles. The summed E-state index contributed by atoms with van der Waals surface area (Å²) in [5.74, 6) is 1.19. The molecular weight excluding hydrogens is 280 g/mol. The minimum Gasteiger partial charge on any atom is -0.475 e. The number of hydrogen-bond acceptors (Lipinski definition) is 0. The van der Waals surface area contributed by atoms with Gasteiger partial charge in [-0.1, -0.05) is 39.0 Å². The summed E-state index contributed by atoms with van der Waals surface area (Å²) in [6, 6.07) is 7.18. The molecule has 0 amide bonds. The quantitative estimate of drug-likeness (QED) is 0.624. The Hall–Kier alpha value is -1.54. The largest absolute Gasteiger partial charge is 0.475 e. The van der Waals surface area contributed by atoms with Crippen molar-refractivity contribution >= 4 is 10.9 Å². The van der Waals surface area contributed by atoms with Crippen LogP contribution in [0.5, 0.6) is 0 Å². The van der Waals surface area contributed by atoms with E-state index >= 15 is 0 Å². The number of rotatable bonds is 2. The number of H-pyrrole nitrogens is 1. The molecule has 1 aromatic carbocycles. The van der Waals surface area contributed by atoms with E-state index in [0.717, 1.165) is 0 Å². The third-order valence-electron chi connectivity index (χ3n) is 7.01. The van der Waals surface area contributed by atoms with Crippen molar-refractivity contribution in [2.45, 2.75) is 51.0 Å². The number of aromatic nitrogens is 1. The molecule has 2 aromatic rings. The van der Waals surface area contributed by atoms with Crippen molar-refractivity contribution in [2.24, 2.45) is 11.3 Å². The predicted molar refractivity (Wildman–Crippen MR) is 96.2 cm³/mol. The van der Waals surface area contributed by atoms with E-state index in [2.05, 4.69) is 75.2 Å².